The average molecular weight is 440 g/mol. The van der Waals surface area contributed by atoms with Gasteiger partial charge in [-0.3, -0.25) is 9.59 Å². The monoisotopic (exact) mass is 440 g/mol. The van der Waals surface area contributed by atoms with Crippen LogP contribution in [0.5, 0.6) is 0 Å². The van der Waals surface area contributed by atoms with E-state index in [9.17, 15) is 9.59 Å². The third-order valence-corrected chi connectivity index (χ3v) is 4.59. The van der Waals surface area contributed by atoms with Crippen molar-refractivity contribution in [2.24, 2.45) is 0 Å². The molecule has 0 saturated carbocycles. The van der Waals surface area contributed by atoms with Crippen molar-refractivity contribution in [3.05, 3.63) is 57.7 Å². The summed E-state index contributed by atoms with van der Waals surface area (Å²) in [6.45, 7) is 1.96. The van der Waals surface area contributed by atoms with Crippen molar-refractivity contribution < 1.29 is 9.59 Å². The summed E-state index contributed by atoms with van der Waals surface area (Å²) in [6, 6.07) is 15.1. The van der Waals surface area contributed by atoms with Gasteiger partial charge in [-0.25, -0.2) is 0 Å². The van der Waals surface area contributed by atoms with Gasteiger partial charge in [-0.05, 0) is 65.4 Å². The van der Waals surface area contributed by atoms with Crippen LogP contribution in [0.1, 0.15) is 5.56 Å². The van der Waals surface area contributed by atoms with Crippen molar-refractivity contribution in [1.82, 2.24) is 0 Å². The van der Waals surface area contributed by atoms with Gasteiger partial charge < -0.3 is 10.6 Å². The molecule has 0 saturated heterocycles. The molecule has 120 valence electrons. The molecule has 0 spiro atoms. The first-order valence-corrected chi connectivity index (χ1v) is 9.26. The number of hydrogen-bond acceptors (Lipinski definition) is 3. The van der Waals surface area contributed by atoms with Gasteiger partial charge in [0, 0.05) is 14.9 Å². The molecule has 4 nitrogen and oxygen atoms in total. The largest absolute Gasteiger partial charge is 0.325 e. The highest BCUT2D eigenvalue weighted by atomic mass is 127. The van der Waals surface area contributed by atoms with E-state index < -0.39 is 0 Å². The van der Waals surface area contributed by atoms with E-state index >= 15 is 0 Å². The van der Waals surface area contributed by atoms with Gasteiger partial charge >= 0.3 is 0 Å². The SMILES string of the molecule is Cc1cc(I)ccc1NC(=O)CSCC(=O)Nc1ccccc1. The molecule has 0 heterocycles. The van der Waals surface area contributed by atoms with Crippen LogP contribution < -0.4 is 10.6 Å². The molecule has 23 heavy (non-hydrogen) atoms. The molecule has 0 unspecified atom stereocenters. The first-order chi connectivity index (χ1) is 11.0. The van der Waals surface area contributed by atoms with Gasteiger partial charge in [-0.1, -0.05) is 18.2 Å². The van der Waals surface area contributed by atoms with Crippen LogP contribution in [-0.4, -0.2) is 23.3 Å². The van der Waals surface area contributed by atoms with E-state index in [0.29, 0.717) is 0 Å². The summed E-state index contributed by atoms with van der Waals surface area (Å²) in [5.41, 5.74) is 2.60. The van der Waals surface area contributed by atoms with E-state index in [4.69, 9.17) is 0 Å². The number of carbonyl (C=O) groups excluding carboxylic acids is 2. The standard InChI is InChI=1S/C17H17IN2O2S/c1-12-9-13(18)7-8-15(12)20-17(22)11-23-10-16(21)19-14-5-3-2-4-6-14/h2-9H,10-11H2,1H3,(H,19,21)(H,20,22). The number of rotatable bonds is 6. The average Bonchev–Trinajstić information content (AvgIpc) is 2.51. The second kappa shape index (κ2) is 8.93. The third kappa shape index (κ3) is 6.23. The molecule has 0 aliphatic rings. The Labute approximate surface area is 153 Å². The normalized spacial score (nSPS) is 10.2. The molecular weight excluding hydrogens is 423 g/mol. The quantitative estimate of drug-likeness (QED) is 0.670. The molecule has 0 fully saturated rings. The van der Waals surface area contributed by atoms with Crippen molar-refractivity contribution in [3.63, 3.8) is 0 Å². The van der Waals surface area contributed by atoms with Crippen LogP contribution in [0.2, 0.25) is 0 Å². The second-order valence-electron chi connectivity index (χ2n) is 4.91. The summed E-state index contributed by atoms with van der Waals surface area (Å²) < 4.78 is 1.13. The first kappa shape index (κ1) is 17.8. The zero-order valence-corrected chi connectivity index (χ0v) is 15.6. The van der Waals surface area contributed by atoms with Crippen LogP contribution in [0.25, 0.3) is 0 Å². The number of hydrogen-bond donors (Lipinski definition) is 2. The molecule has 2 rings (SSSR count). The highest BCUT2D eigenvalue weighted by molar-refractivity contribution is 14.1. The molecule has 2 amide bonds. The summed E-state index contributed by atoms with van der Waals surface area (Å²) in [4.78, 5) is 23.7. The molecule has 0 aliphatic heterocycles. The molecule has 0 aliphatic carbocycles. The van der Waals surface area contributed by atoms with Gasteiger partial charge in [0.25, 0.3) is 0 Å². The summed E-state index contributed by atoms with van der Waals surface area (Å²) in [5.74, 6) is 0.271. The lowest BCUT2D eigenvalue weighted by Crippen LogP contribution is -2.18. The minimum absolute atomic E-state index is 0.105. The van der Waals surface area contributed by atoms with Crippen molar-refractivity contribution >= 4 is 57.5 Å². The molecular formula is C17H17IN2O2S. The first-order valence-electron chi connectivity index (χ1n) is 7.03. The molecule has 6 heteroatoms. The fraction of sp³-hybridized carbons (Fsp3) is 0.176. The highest BCUT2D eigenvalue weighted by Gasteiger charge is 2.08. The van der Waals surface area contributed by atoms with Crippen LogP contribution in [0.3, 0.4) is 0 Å². The van der Waals surface area contributed by atoms with Gasteiger partial charge in [0.05, 0.1) is 11.5 Å². The Morgan fingerprint density at radius 2 is 1.65 bits per heavy atom. The van der Waals surface area contributed by atoms with E-state index in [-0.39, 0.29) is 23.3 Å². The van der Waals surface area contributed by atoms with Crippen LogP contribution in [0, 0.1) is 10.5 Å². The van der Waals surface area contributed by atoms with E-state index in [1.807, 2.05) is 55.5 Å². The predicted molar refractivity (Wildman–Crippen MR) is 105 cm³/mol. The van der Waals surface area contributed by atoms with E-state index in [1.165, 1.54) is 11.8 Å². The lowest BCUT2D eigenvalue weighted by atomic mass is 10.2. The van der Waals surface area contributed by atoms with Gasteiger partial charge in [0.1, 0.15) is 0 Å². The predicted octanol–water partition coefficient (Wildman–Crippen LogP) is 3.91. The number of benzene rings is 2. The number of anilines is 2. The number of thioether (sulfide) groups is 1. The Hall–Kier alpha value is -1.54. The minimum Gasteiger partial charge on any atom is -0.325 e. The molecule has 0 bridgehead atoms. The van der Waals surface area contributed by atoms with E-state index in [0.717, 1.165) is 20.5 Å². The fourth-order valence-electron chi connectivity index (χ4n) is 1.91. The number of aryl methyl sites for hydroxylation is 1. The zero-order chi connectivity index (χ0) is 16.7. The molecule has 0 radical (unpaired) electrons. The zero-order valence-electron chi connectivity index (χ0n) is 12.6. The van der Waals surface area contributed by atoms with Crippen LogP contribution in [-0.2, 0) is 9.59 Å². The lowest BCUT2D eigenvalue weighted by molar-refractivity contribution is -0.114. The maximum Gasteiger partial charge on any atom is 0.234 e. The Balaban J connectivity index is 1.73. The smallest absolute Gasteiger partial charge is 0.234 e. The number of amides is 2. The Morgan fingerprint density at radius 3 is 2.30 bits per heavy atom. The maximum absolute atomic E-state index is 11.9. The number of para-hydroxylation sites is 1. The Kier molecular flexibility index (Phi) is 6.91. The number of nitrogens with one attached hydrogen (secondary N) is 2. The summed E-state index contributed by atoms with van der Waals surface area (Å²) in [6.07, 6.45) is 0. The Morgan fingerprint density at radius 1 is 1.00 bits per heavy atom. The maximum atomic E-state index is 11.9. The summed E-state index contributed by atoms with van der Waals surface area (Å²) in [7, 11) is 0. The van der Waals surface area contributed by atoms with Crippen molar-refractivity contribution in [1.29, 1.82) is 0 Å². The van der Waals surface area contributed by atoms with E-state index in [2.05, 4.69) is 33.2 Å². The van der Waals surface area contributed by atoms with Gasteiger partial charge in [-0.2, -0.15) is 0 Å². The van der Waals surface area contributed by atoms with Crippen LogP contribution in [0.15, 0.2) is 48.5 Å². The topological polar surface area (TPSA) is 58.2 Å². The van der Waals surface area contributed by atoms with Gasteiger partial charge in [-0.15, -0.1) is 11.8 Å². The molecule has 2 aromatic rings. The van der Waals surface area contributed by atoms with Gasteiger partial charge in [0.15, 0.2) is 0 Å². The highest BCUT2D eigenvalue weighted by Crippen LogP contribution is 2.18. The van der Waals surface area contributed by atoms with Crippen LogP contribution >= 0.6 is 34.4 Å². The second-order valence-corrected chi connectivity index (χ2v) is 7.15. The third-order valence-electron chi connectivity index (χ3n) is 2.99. The summed E-state index contributed by atoms with van der Waals surface area (Å²) in [5, 5.41) is 5.65. The van der Waals surface area contributed by atoms with Crippen molar-refractivity contribution in [3.8, 4) is 0 Å². The van der Waals surface area contributed by atoms with Gasteiger partial charge in [0.2, 0.25) is 11.8 Å². The Bertz CT molecular complexity index is 692. The molecule has 0 aromatic heterocycles. The summed E-state index contributed by atoms with van der Waals surface area (Å²) >= 11 is 3.52. The molecule has 2 N–H and O–H groups in total. The molecule has 0 atom stereocenters. The minimum atomic E-state index is -0.112. The molecule has 2 aromatic carbocycles. The number of carbonyl (C=O) groups is 2. The van der Waals surface area contributed by atoms with Crippen LogP contribution in [0.4, 0.5) is 11.4 Å². The van der Waals surface area contributed by atoms with Crippen molar-refractivity contribution in [2.75, 3.05) is 22.1 Å². The van der Waals surface area contributed by atoms with Crippen molar-refractivity contribution in [2.45, 2.75) is 6.92 Å². The number of halogens is 1. The fourth-order valence-corrected chi connectivity index (χ4v) is 3.17. The lowest BCUT2D eigenvalue weighted by Gasteiger charge is -2.09. The van der Waals surface area contributed by atoms with E-state index in [1.54, 1.807) is 0 Å².